The summed E-state index contributed by atoms with van der Waals surface area (Å²) in [5.41, 5.74) is 0. The van der Waals surface area contributed by atoms with Crippen molar-refractivity contribution in [2.45, 2.75) is 19.9 Å². The molecule has 0 fully saturated rings. The molecule has 108 valence electrons. The summed E-state index contributed by atoms with van der Waals surface area (Å²) in [6.45, 7) is 5.23. The zero-order chi connectivity index (χ0) is 14.4. The maximum atomic E-state index is 5.07. The van der Waals surface area contributed by atoms with E-state index >= 15 is 0 Å². The molecule has 19 heavy (non-hydrogen) atoms. The lowest BCUT2D eigenvalue weighted by Gasteiger charge is -2.25. The number of nitrogens with one attached hydrogen (secondary N) is 2. The van der Waals surface area contributed by atoms with Crippen LogP contribution in [0.3, 0.4) is 0 Å². The number of anilines is 2. The van der Waals surface area contributed by atoms with Crippen LogP contribution in [-0.4, -0.2) is 60.7 Å². The van der Waals surface area contributed by atoms with Gasteiger partial charge in [0.2, 0.25) is 11.9 Å². The standard InChI is InChI=1S/C12H24N6O/c1-8(2)9(7-18(4)5)14-11-15-10(13-3)16-12(17-11)19-6/h8-9H,7H2,1-6H3,(H2,13,14,15,16,17). The highest BCUT2D eigenvalue weighted by molar-refractivity contribution is 5.36. The summed E-state index contributed by atoms with van der Waals surface area (Å²) < 4.78 is 5.07. The zero-order valence-electron chi connectivity index (χ0n) is 12.6. The van der Waals surface area contributed by atoms with Crippen LogP contribution in [0.15, 0.2) is 0 Å². The maximum absolute atomic E-state index is 5.07. The first-order chi connectivity index (χ1) is 8.96. The summed E-state index contributed by atoms with van der Waals surface area (Å²) in [7, 11) is 7.39. The Morgan fingerprint density at radius 3 is 2.26 bits per heavy atom. The van der Waals surface area contributed by atoms with E-state index in [4.69, 9.17) is 4.74 Å². The quantitative estimate of drug-likeness (QED) is 0.761. The Hall–Kier alpha value is -1.63. The van der Waals surface area contributed by atoms with E-state index in [1.165, 1.54) is 7.11 Å². The normalized spacial score (nSPS) is 12.6. The fraction of sp³-hybridized carbons (Fsp3) is 0.750. The molecule has 1 rings (SSSR count). The first-order valence-electron chi connectivity index (χ1n) is 6.35. The van der Waals surface area contributed by atoms with Gasteiger partial charge in [-0.3, -0.25) is 0 Å². The van der Waals surface area contributed by atoms with E-state index in [2.05, 4.69) is 44.3 Å². The molecular weight excluding hydrogens is 244 g/mol. The predicted molar refractivity (Wildman–Crippen MR) is 76.7 cm³/mol. The Kier molecular flexibility index (Phi) is 5.75. The third-order valence-electron chi connectivity index (χ3n) is 2.70. The summed E-state index contributed by atoms with van der Waals surface area (Å²) >= 11 is 0. The average Bonchev–Trinajstić information content (AvgIpc) is 2.36. The lowest BCUT2D eigenvalue weighted by atomic mass is 10.0. The highest BCUT2D eigenvalue weighted by Gasteiger charge is 2.16. The van der Waals surface area contributed by atoms with E-state index in [0.717, 1.165) is 6.54 Å². The van der Waals surface area contributed by atoms with Crippen LogP contribution < -0.4 is 15.4 Å². The molecule has 0 saturated carbocycles. The van der Waals surface area contributed by atoms with Gasteiger partial charge >= 0.3 is 6.01 Å². The van der Waals surface area contributed by atoms with Crippen LogP contribution in [0.4, 0.5) is 11.9 Å². The molecule has 1 aromatic heterocycles. The molecule has 1 heterocycles. The highest BCUT2D eigenvalue weighted by Crippen LogP contribution is 2.14. The van der Waals surface area contributed by atoms with E-state index in [0.29, 0.717) is 23.8 Å². The van der Waals surface area contributed by atoms with Crippen molar-refractivity contribution in [1.29, 1.82) is 0 Å². The first-order valence-corrected chi connectivity index (χ1v) is 6.35. The number of likely N-dealkylation sites (N-methyl/N-ethyl adjacent to an activating group) is 1. The molecule has 2 N–H and O–H groups in total. The topological polar surface area (TPSA) is 75.2 Å². The van der Waals surface area contributed by atoms with Crippen molar-refractivity contribution < 1.29 is 4.74 Å². The van der Waals surface area contributed by atoms with Gasteiger partial charge in [-0.15, -0.1) is 0 Å². The zero-order valence-corrected chi connectivity index (χ0v) is 12.6. The molecule has 0 radical (unpaired) electrons. The van der Waals surface area contributed by atoms with Gasteiger partial charge in [0.05, 0.1) is 7.11 Å². The lowest BCUT2D eigenvalue weighted by Crippen LogP contribution is -2.37. The van der Waals surface area contributed by atoms with Crippen molar-refractivity contribution in [2.24, 2.45) is 5.92 Å². The van der Waals surface area contributed by atoms with Crippen LogP contribution in [0.1, 0.15) is 13.8 Å². The monoisotopic (exact) mass is 268 g/mol. The van der Waals surface area contributed by atoms with Crippen molar-refractivity contribution in [3.8, 4) is 6.01 Å². The molecule has 0 aromatic carbocycles. The molecule has 1 unspecified atom stereocenters. The molecule has 0 aliphatic carbocycles. The third kappa shape index (κ3) is 4.86. The minimum atomic E-state index is 0.256. The molecule has 1 atom stereocenters. The minimum Gasteiger partial charge on any atom is -0.467 e. The van der Waals surface area contributed by atoms with Crippen molar-refractivity contribution in [2.75, 3.05) is 45.4 Å². The van der Waals surface area contributed by atoms with Crippen LogP contribution in [0.2, 0.25) is 0 Å². The molecule has 7 nitrogen and oxygen atoms in total. The molecular formula is C12H24N6O. The van der Waals surface area contributed by atoms with Gasteiger partial charge in [0.1, 0.15) is 0 Å². The second-order valence-corrected chi connectivity index (χ2v) is 4.98. The number of rotatable bonds is 7. The number of ether oxygens (including phenoxy) is 1. The molecule has 0 bridgehead atoms. The number of hydrogen-bond acceptors (Lipinski definition) is 7. The van der Waals surface area contributed by atoms with E-state index in [1.54, 1.807) is 7.05 Å². The highest BCUT2D eigenvalue weighted by atomic mass is 16.5. The van der Waals surface area contributed by atoms with Crippen LogP contribution in [-0.2, 0) is 0 Å². The van der Waals surface area contributed by atoms with E-state index in [1.807, 2.05) is 14.1 Å². The average molecular weight is 268 g/mol. The van der Waals surface area contributed by atoms with Crippen molar-refractivity contribution in [3.63, 3.8) is 0 Å². The molecule has 1 aromatic rings. The van der Waals surface area contributed by atoms with Gasteiger partial charge < -0.3 is 20.3 Å². The van der Waals surface area contributed by atoms with Crippen LogP contribution >= 0.6 is 0 Å². The van der Waals surface area contributed by atoms with Crippen molar-refractivity contribution in [1.82, 2.24) is 19.9 Å². The third-order valence-corrected chi connectivity index (χ3v) is 2.70. The summed E-state index contributed by atoms with van der Waals surface area (Å²) in [6.07, 6.45) is 0. The second kappa shape index (κ2) is 7.08. The van der Waals surface area contributed by atoms with Crippen molar-refractivity contribution >= 4 is 11.9 Å². The van der Waals surface area contributed by atoms with Crippen LogP contribution in [0.5, 0.6) is 6.01 Å². The molecule has 0 aliphatic rings. The minimum absolute atomic E-state index is 0.256. The maximum Gasteiger partial charge on any atom is 0.322 e. The Bertz CT molecular complexity index is 374. The van der Waals surface area contributed by atoms with E-state index < -0.39 is 0 Å². The van der Waals surface area contributed by atoms with Gasteiger partial charge in [-0.05, 0) is 20.0 Å². The number of methoxy groups -OCH3 is 1. The Balaban J connectivity index is 2.88. The largest absolute Gasteiger partial charge is 0.467 e. The van der Waals surface area contributed by atoms with Crippen LogP contribution in [0, 0.1) is 5.92 Å². The smallest absolute Gasteiger partial charge is 0.322 e. The summed E-state index contributed by atoms with van der Waals surface area (Å²) in [6, 6.07) is 0.557. The van der Waals surface area contributed by atoms with Gasteiger partial charge in [-0.25, -0.2) is 0 Å². The van der Waals surface area contributed by atoms with Crippen molar-refractivity contribution in [3.05, 3.63) is 0 Å². The Morgan fingerprint density at radius 1 is 1.16 bits per heavy atom. The van der Waals surface area contributed by atoms with Gasteiger partial charge in [0.15, 0.2) is 0 Å². The summed E-state index contributed by atoms with van der Waals surface area (Å²) in [5.74, 6) is 1.47. The summed E-state index contributed by atoms with van der Waals surface area (Å²) in [5, 5.41) is 6.23. The molecule has 0 amide bonds. The van der Waals surface area contributed by atoms with Gasteiger partial charge in [0, 0.05) is 19.6 Å². The lowest BCUT2D eigenvalue weighted by molar-refractivity contribution is 0.342. The van der Waals surface area contributed by atoms with Gasteiger partial charge in [-0.2, -0.15) is 15.0 Å². The summed E-state index contributed by atoms with van der Waals surface area (Å²) in [4.78, 5) is 14.7. The SMILES string of the molecule is CNc1nc(NC(CN(C)C)C(C)C)nc(OC)n1. The predicted octanol–water partition coefficient (Wildman–Crippen LogP) is 0.920. The molecule has 7 heteroatoms. The molecule has 0 saturated heterocycles. The van der Waals surface area contributed by atoms with Gasteiger partial charge in [0.25, 0.3) is 0 Å². The number of hydrogen-bond donors (Lipinski definition) is 2. The number of aromatic nitrogens is 3. The first kappa shape index (κ1) is 15.4. The molecule has 0 spiro atoms. The van der Waals surface area contributed by atoms with E-state index in [9.17, 15) is 0 Å². The fourth-order valence-corrected chi connectivity index (χ4v) is 1.61. The van der Waals surface area contributed by atoms with E-state index in [-0.39, 0.29) is 6.04 Å². The molecule has 0 aliphatic heterocycles. The fourth-order valence-electron chi connectivity index (χ4n) is 1.61. The Labute approximate surface area is 114 Å². The second-order valence-electron chi connectivity index (χ2n) is 4.98. The Morgan fingerprint density at radius 2 is 1.79 bits per heavy atom. The van der Waals surface area contributed by atoms with Gasteiger partial charge in [-0.1, -0.05) is 13.8 Å². The number of nitrogens with zero attached hydrogens (tertiary/aromatic N) is 4. The van der Waals surface area contributed by atoms with Crippen LogP contribution in [0.25, 0.3) is 0 Å².